The van der Waals surface area contributed by atoms with E-state index >= 15 is 0 Å². The first-order valence-electron chi connectivity index (χ1n) is 7.60. The molecule has 0 aliphatic heterocycles. The Hall–Kier alpha value is -1.02. The number of alkyl halides is 1. The lowest BCUT2D eigenvalue weighted by Gasteiger charge is -2.29. The second-order valence-electron chi connectivity index (χ2n) is 5.86. The summed E-state index contributed by atoms with van der Waals surface area (Å²) in [6.07, 6.45) is 5.43. The summed E-state index contributed by atoms with van der Waals surface area (Å²) in [5, 5.41) is 3.06. The molecule has 0 heterocycles. The number of hydrogen-bond donors (Lipinski definition) is 1. The van der Waals surface area contributed by atoms with Crippen LogP contribution in [-0.2, 0) is 12.8 Å². The molecule has 1 N–H and O–H groups in total. The van der Waals surface area contributed by atoms with Crippen LogP contribution in [0.1, 0.15) is 54.6 Å². The standard InChI is InChI=1S/C17H24ClNO/c1-3-17(4-2,11-18)12-19-16(20)15-9-8-13-6-5-7-14(13)10-15/h8-10H,3-7,11-12H2,1-2H3,(H,19,20). The lowest BCUT2D eigenvalue weighted by molar-refractivity contribution is 0.0931. The van der Waals surface area contributed by atoms with Crippen LogP contribution >= 0.6 is 11.6 Å². The van der Waals surface area contributed by atoms with Gasteiger partial charge in [-0.25, -0.2) is 0 Å². The highest BCUT2D eigenvalue weighted by Gasteiger charge is 2.26. The molecular weight excluding hydrogens is 270 g/mol. The molecule has 0 unspecified atom stereocenters. The van der Waals surface area contributed by atoms with E-state index in [0.29, 0.717) is 12.4 Å². The van der Waals surface area contributed by atoms with E-state index in [1.54, 1.807) is 0 Å². The highest BCUT2D eigenvalue weighted by molar-refractivity contribution is 6.18. The molecule has 1 aliphatic carbocycles. The van der Waals surface area contributed by atoms with Crippen molar-refractivity contribution >= 4 is 17.5 Å². The van der Waals surface area contributed by atoms with Gasteiger partial charge in [0.1, 0.15) is 0 Å². The molecule has 0 saturated carbocycles. The summed E-state index contributed by atoms with van der Waals surface area (Å²) in [6.45, 7) is 4.92. The molecule has 0 aromatic heterocycles. The third-order valence-electron chi connectivity index (χ3n) is 4.77. The van der Waals surface area contributed by atoms with Crippen molar-refractivity contribution in [2.24, 2.45) is 5.41 Å². The molecule has 20 heavy (non-hydrogen) atoms. The summed E-state index contributed by atoms with van der Waals surface area (Å²) in [6, 6.07) is 6.10. The van der Waals surface area contributed by atoms with Crippen molar-refractivity contribution in [2.75, 3.05) is 12.4 Å². The molecule has 0 spiro atoms. The number of rotatable bonds is 6. The fraction of sp³-hybridized carbons (Fsp3) is 0.588. The van der Waals surface area contributed by atoms with Gasteiger partial charge in [-0.05, 0) is 55.4 Å². The molecule has 0 bridgehead atoms. The van der Waals surface area contributed by atoms with E-state index < -0.39 is 0 Å². The first kappa shape index (κ1) is 15.4. The minimum absolute atomic E-state index is 0.0218. The normalized spacial score (nSPS) is 14.2. The molecule has 2 nitrogen and oxygen atoms in total. The second-order valence-corrected chi connectivity index (χ2v) is 6.13. The van der Waals surface area contributed by atoms with Crippen LogP contribution in [0.2, 0.25) is 0 Å². The number of carbonyl (C=O) groups is 1. The molecule has 0 radical (unpaired) electrons. The van der Waals surface area contributed by atoms with E-state index in [0.717, 1.165) is 31.2 Å². The van der Waals surface area contributed by atoms with Crippen LogP contribution in [0, 0.1) is 5.41 Å². The van der Waals surface area contributed by atoms with Gasteiger partial charge < -0.3 is 5.32 Å². The van der Waals surface area contributed by atoms with E-state index in [1.165, 1.54) is 17.5 Å². The number of aryl methyl sites for hydroxylation is 2. The molecular formula is C17H24ClNO. The number of benzene rings is 1. The number of hydrogen-bond acceptors (Lipinski definition) is 1. The SMILES string of the molecule is CCC(CC)(CCl)CNC(=O)c1ccc2c(c1)CCC2. The monoisotopic (exact) mass is 293 g/mol. The van der Waals surface area contributed by atoms with Gasteiger partial charge in [-0.15, -0.1) is 11.6 Å². The van der Waals surface area contributed by atoms with Crippen LogP contribution in [0.25, 0.3) is 0 Å². The Kier molecular flexibility index (Phi) is 5.09. The van der Waals surface area contributed by atoms with Gasteiger partial charge in [0.05, 0.1) is 0 Å². The Morgan fingerprint density at radius 1 is 1.25 bits per heavy atom. The lowest BCUT2D eigenvalue weighted by atomic mass is 9.84. The molecule has 0 saturated heterocycles. The maximum absolute atomic E-state index is 12.3. The number of fused-ring (bicyclic) bond motifs is 1. The lowest BCUT2D eigenvalue weighted by Crippen LogP contribution is -2.38. The Labute approximate surface area is 126 Å². The highest BCUT2D eigenvalue weighted by atomic mass is 35.5. The maximum Gasteiger partial charge on any atom is 0.251 e. The van der Waals surface area contributed by atoms with Crippen molar-refractivity contribution in [3.8, 4) is 0 Å². The molecule has 1 aromatic carbocycles. The average molecular weight is 294 g/mol. The van der Waals surface area contributed by atoms with E-state index in [1.807, 2.05) is 6.07 Å². The van der Waals surface area contributed by atoms with Gasteiger partial charge in [0.2, 0.25) is 0 Å². The van der Waals surface area contributed by atoms with Gasteiger partial charge in [0, 0.05) is 23.4 Å². The summed E-state index contributed by atoms with van der Waals surface area (Å²) in [5.74, 6) is 0.612. The molecule has 0 atom stereocenters. The molecule has 2 rings (SSSR count). The summed E-state index contributed by atoms with van der Waals surface area (Å²) < 4.78 is 0. The zero-order valence-corrected chi connectivity index (χ0v) is 13.2. The van der Waals surface area contributed by atoms with E-state index in [9.17, 15) is 4.79 Å². The number of halogens is 1. The van der Waals surface area contributed by atoms with Crippen LogP contribution < -0.4 is 5.32 Å². The fourth-order valence-electron chi connectivity index (χ4n) is 2.82. The Morgan fingerprint density at radius 3 is 2.60 bits per heavy atom. The molecule has 1 aromatic rings. The Bertz CT molecular complexity index is 472. The minimum Gasteiger partial charge on any atom is -0.351 e. The van der Waals surface area contributed by atoms with E-state index in [-0.39, 0.29) is 11.3 Å². The number of amides is 1. The zero-order chi connectivity index (χ0) is 14.6. The van der Waals surface area contributed by atoms with Crippen LogP contribution in [0.3, 0.4) is 0 Å². The summed E-state index contributed by atoms with van der Waals surface area (Å²) in [7, 11) is 0. The van der Waals surface area contributed by atoms with Gasteiger partial charge in [0.15, 0.2) is 0 Å². The zero-order valence-electron chi connectivity index (χ0n) is 12.5. The van der Waals surface area contributed by atoms with Crippen LogP contribution in [0.5, 0.6) is 0 Å². The average Bonchev–Trinajstić information content (AvgIpc) is 2.96. The second kappa shape index (κ2) is 6.62. The van der Waals surface area contributed by atoms with Gasteiger partial charge in [-0.1, -0.05) is 19.9 Å². The first-order chi connectivity index (χ1) is 9.64. The van der Waals surface area contributed by atoms with Crippen LogP contribution in [0.15, 0.2) is 18.2 Å². The quantitative estimate of drug-likeness (QED) is 0.791. The van der Waals surface area contributed by atoms with Crippen molar-refractivity contribution in [1.29, 1.82) is 0 Å². The predicted molar refractivity (Wildman–Crippen MR) is 84.5 cm³/mol. The molecule has 1 amide bonds. The number of carbonyl (C=O) groups excluding carboxylic acids is 1. The third-order valence-corrected chi connectivity index (χ3v) is 5.34. The third kappa shape index (κ3) is 3.17. The Balaban J connectivity index is 2.02. The van der Waals surface area contributed by atoms with Gasteiger partial charge in [-0.2, -0.15) is 0 Å². The fourth-order valence-corrected chi connectivity index (χ4v) is 3.29. The van der Waals surface area contributed by atoms with Crippen molar-refractivity contribution in [1.82, 2.24) is 5.32 Å². The topological polar surface area (TPSA) is 29.1 Å². The molecule has 3 heteroatoms. The Morgan fingerprint density at radius 2 is 1.95 bits per heavy atom. The van der Waals surface area contributed by atoms with Crippen LogP contribution in [0.4, 0.5) is 0 Å². The number of nitrogens with one attached hydrogen (secondary N) is 1. The first-order valence-corrected chi connectivity index (χ1v) is 8.13. The summed E-state index contributed by atoms with van der Waals surface area (Å²) in [4.78, 5) is 12.3. The highest BCUT2D eigenvalue weighted by Crippen LogP contribution is 2.27. The van der Waals surface area contributed by atoms with Gasteiger partial charge >= 0.3 is 0 Å². The van der Waals surface area contributed by atoms with E-state index in [4.69, 9.17) is 11.6 Å². The van der Waals surface area contributed by atoms with Crippen molar-refractivity contribution in [2.45, 2.75) is 46.0 Å². The molecule has 110 valence electrons. The van der Waals surface area contributed by atoms with Gasteiger partial charge in [0.25, 0.3) is 5.91 Å². The molecule has 1 aliphatic rings. The summed E-state index contributed by atoms with van der Waals surface area (Å²) >= 11 is 6.08. The maximum atomic E-state index is 12.3. The van der Waals surface area contributed by atoms with Crippen molar-refractivity contribution in [3.05, 3.63) is 34.9 Å². The predicted octanol–water partition coefficient (Wildman–Crippen LogP) is 3.95. The van der Waals surface area contributed by atoms with Gasteiger partial charge in [-0.3, -0.25) is 4.79 Å². The van der Waals surface area contributed by atoms with Crippen molar-refractivity contribution in [3.63, 3.8) is 0 Å². The largest absolute Gasteiger partial charge is 0.351 e. The van der Waals surface area contributed by atoms with Crippen molar-refractivity contribution < 1.29 is 4.79 Å². The summed E-state index contributed by atoms with van der Waals surface area (Å²) in [5.41, 5.74) is 3.54. The minimum atomic E-state index is 0.0218. The molecule has 0 fully saturated rings. The van der Waals surface area contributed by atoms with Crippen LogP contribution in [-0.4, -0.2) is 18.3 Å². The smallest absolute Gasteiger partial charge is 0.251 e. The van der Waals surface area contributed by atoms with E-state index in [2.05, 4.69) is 31.3 Å².